The maximum absolute atomic E-state index is 11.6. The van der Waals surface area contributed by atoms with Gasteiger partial charge in [0, 0.05) is 50.3 Å². The first kappa shape index (κ1) is 33.8. The monoisotopic (exact) mass is 662 g/mol. The lowest BCUT2D eigenvalue weighted by Gasteiger charge is -2.19. The summed E-state index contributed by atoms with van der Waals surface area (Å²) >= 11 is 0. The highest BCUT2D eigenvalue weighted by Gasteiger charge is 2.28. The van der Waals surface area contributed by atoms with Crippen molar-refractivity contribution in [3.8, 4) is 11.6 Å². The van der Waals surface area contributed by atoms with Gasteiger partial charge in [0.2, 0.25) is 23.5 Å². The molecule has 0 N–H and O–H groups in total. The van der Waals surface area contributed by atoms with E-state index in [1.54, 1.807) is 64.5 Å². The number of hydrogen-bond donors (Lipinski definition) is 0. The van der Waals surface area contributed by atoms with Crippen LogP contribution in [0, 0.1) is 41.0 Å². The third-order valence-electron chi connectivity index (χ3n) is 7.65. The van der Waals surface area contributed by atoms with Crippen LogP contribution in [0.5, 0.6) is 0 Å². The average molecular weight is 663 g/mol. The molecule has 0 spiro atoms. The smallest absolute Gasteiger partial charge is 0.314 e. The zero-order chi connectivity index (χ0) is 35.2. The van der Waals surface area contributed by atoms with E-state index in [1.165, 1.54) is 0 Å². The molecule has 16 nitrogen and oxygen atoms in total. The van der Waals surface area contributed by atoms with Gasteiger partial charge in [-0.1, -0.05) is 43.3 Å². The molecule has 4 aromatic heterocycles. The quantitative estimate of drug-likeness (QED) is 0.127. The highest BCUT2D eigenvalue weighted by atomic mass is 16.6. The molecule has 0 saturated heterocycles. The van der Waals surface area contributed by atoms with Crippen LogP contribution in [-0.2, 0) is 6.42 Å². The van der Waals surface area contributed by atoms with Crippen molar-refractivity contribution >= 4 is 34.6 Å². The van der Waals surface area contributed by atoms with E-state index in [0.29, 0.717) is 41.4 Å². The van der Waals surface area contributed by atoms with Gasteiger partial charge in [-0.3, -0.25) is 29.4 Å². The highest BCUT2D eigenvalue weighted by Crippen LogP contribution is 2.31. The second-order valence-electron chi connectivity index (χ2n) is 10.8. The van der Waals surface area contributed by atoms with E-state index in [-0.39, 0.29) is 23.0 Å². The molecular weight excluding hydrogens is 628 g/mol. The van der Waals surface area contributed by atoms with Crippen molar-refractivity contribution in [2.45, 2.75) is 34.1 Å². The minimum Gasteiger partial charge on any atom is -0.314 e. The summed E-state index contributed by atoms with van der Waals surface area (Å²) in [6.07, 6.45) is 6.91. The molecule has 49 heavy (non-hydrogen) atoms. The van der Waals surface area contributed by atoms with E-state index >= 15 is 0 Å². The fraction of sp³-hybridized carbons (Fsp3) is 0.212. The van der Waals surface area contributed by atoms with Crippen LogP contribution in [-0.4, -0.2) is 63.0 Å². The molecule has 0 radical (unpaired) electrons. The summed E-state index contributed by atoms with van der Waals surface area (Å²) in [5.41, 5.74) is 2.26. The van der Waals surface area contributed by atoms with Gasteiger partial charge in [-0.25, -0.2) is 19.9 Å². The first-order valence-corrected chi connectivity index (χ1v) is 15.2. The van der Waals surface area contributed by atoms with Crippen molar-refractivity contribution in [2.24, 2.45) is 0 Å². The van der Waals surface area contributed by atoms with Crippen molar-refractivity contribution in [3.05, 3.63) is 129 Å². The van der Waals surface area contributed by atoms with Crippen LogP contribution in [0.3, 0.4) is 0 Å². The summed E-state index contributed by atoms with van der Waals surface area (Å²) in [5.74, 6) is 2.45. The fourth-order valence-electron chi connectivity index (χ4n) is 5.03. The Morgan fingerprint density at radius 1 is 0.653 bits per heavy atom. The summed E-state index contributed by atoms with van der Waals surface area (Å²) in [4.78, 5) is 51.7. The highest BCUT2D eigenvalue weighted by molar-refractivity contribution is 5.62. The number of hydrogen-bond acceptors (Lipinski definition) is 12. The SMILES string of the molecule is CCc1nc(N(C)c2ccccc2)nc(-n2ccnc2C)c1[N+](=O)[O-].Cc1nc(N(C)c2ccccc2)nc(-n2ccnc2C)c1[N+](=O)[O-]. The summed E-state index contributed by atoms with van der Waals surface area (Å²) in [7, 11) is 3.65. The second kappa shape index (κ2) is 14.5. The van der Waals surface area contributed by atoms with E-state index in [0.717, 1.165) is 11.4 Å². The molecule has 0 atom stereocenters. The molecule has 0 bridgehead atoms. The van der Waals surface area contributed by atoms with Gasteiger partial charge in [0.1, 0.15) is 23.0 Å². The molecule has 4 heterocycles. The number of nitro groups is 2. The third-order valence-corrected chi connectivity index (χ3v) is 7.65. The van der Waals surface area contributed by atoms with Crippen LogP contribution < -0.4 is 9.80 Å². The molecule has 16 heteroatoms. The van der Waals surface area contributed by atoms with Gasteiger partial charge in [-0.05, 0) is 51.5 Å². The van der Waals surface area contributed by atoms with Gasteiger partial charge < -0.3 is 9.80 Å². The van der Waals surface area contributed by atoms with E-state index in [1.807, 2.05) is 81.7 Å². The molecule has 0 fully saturated rings. The Bertz CT molecular complexity index is 2100. The number of benzene rings is 2. The Balaban J connectivity index is 0.000000191. The first-order valence-electron chi connectivity index (χ1n) is 15.2. The maximum Gasteiger partial charge on any atom is 0.333 e. The average Bonchev–Trinajstić information content (AvgIpc) is 3.74. The Morgan fingerprint density at radius 2 is 1.08 bits per heavy atom. The van der Waals surface area contributed by atoms with Crippen LogP contribution >= 0.6 is 0 Å². The van der Waals surface area contributed by atoms with Crippen LogP contribution in [0.15, 0.2) is 85.5 Å². The minimum absolute atomic E-state index is 0.0891. The lowest BCUT2D eigenvalue weighted by Crippen LogP contribution is -2.17. The molecule has 0 aliphatic heterocycles. The molecule has 0 unspecified atom stereocenters. The van der Waals surface area contributed by atoms with Crippen LogP contribution in [0.1, 0.15) is 30.0 Å². The van der Waals surface area contributed by atoms with Gasteiger partial charge in [0.05, 0.1) is 9.85 Å². The number of imidazole rings is 2. The molecule has 2 aromatic carbocycles. The lowest BCUT2D eigenvalue weighted by molar-refractivity contribution is -0.386. The third kappa shape index (κ3) is 7.07. The number of para-hydroxylation sites is 2. The number of nitrogens with zero attached hydrogens (tertiary/aromatic N) is 12. The molecule has 0 amide bonds. The van der Waals surface area contributed by atoms with E-state index in [2.05, 4.69) is 29.9 Å². The summed E-state index contributed by atoms with van der Waals surface area (Å²) < 4.78 is 3.20. The van der Waals surface area contributed by atoms with Crippen LogP contribution in [0.4, 0.5) is 34.6 Å². The predicted octanol–water partition coefficient (Wildman–Crippen LogP) is 6.16. The topological polar surface area (TPSA) is 180 Å². The van der Waals surface area contributed by atoms with Crippen LogP contribution in [0.2, 0.25) is 0 Å². The first-order chi connectivity index (χ1) is 23.5. The zero-order valence-corrected chi connectivity index (χ0v) is 27.8. The van der Waals surface area contributed by atoms with Crippen molar-refractivity contribution < 1.29 is 9.85 Å². The number of anilines is 4. The normalized spacial score (nSPS) is 10.7. The van der Waals surface area contributed by atoms with Gasteiger partial charge in [-0.2, -0.15) is 9.97 Å². The molecular formula is C33H34N12O4. The summed E-state index contributed by atoms with van der Waals surface area (Å²) in [5, 5.41) is 23.1. The molecule has 0 saturated carbocycles. The van der Waals surface area contributed by atoms with Gasteiger partial charge >= 0.3 is 11.4 Å². The summed E-state index contributed by atoms with van der Waals surface area (Å²) in [6, 6.07) is 19.2. The number of rotatable bonds is 9. The molecule has 0 aliphatic rings. The maximum atomic E-state index is 11.6. The van der Waals surface area contributed by atoms with Crippen molar-refractivity contribution in [3.63, 3.8) is 0 Å². The predicted molar refractivity (Wildman–Crippen MR) is 184 cm³/mol. The van der Waals surface area contributed by atoms with Gasteiger partial charge in [0.25, 0.3) is 0 Å². The molecule has 0 aliphatic carbocycles. The van der Waals surface area contributed by atoms with Crippen molar-refractivity contribution in [1.29, 1.82) is 0 Å². The van der Waals surface area contributed by atoms with E-state index in [9.17, 15) is 20.2 Å². The molecule has 250 valence electrons. The van der Waals surface area contributed by atoms with Crippen LogP contribution in [0.25, 0.3) is 11.6 Å². The Morgan fingerprint density at radius 3 is 1.47 bits per heavy atom. The van der Waals surface area contributed by atoms with Crippen molar-refractivity contribution in [2.75, 3.05) is 23.9 Å². The largest absolute Gasteiger partial charge is 0.333 e. The fourth-order valence-corrected chi connectivity index (χ4v) is 5.03. The Hall–Kier alpha value is -6.58. The minimum atomic E-state index is -0.462. The second-order valence-corrected chi connectivity index (χ2v) is 10.8. The Labute approximate surface area is 281 Å². The molecule has 6 rings (SSSR count). The molecule has 6 aromatic rings. The lowest BCUT2D eigenvalue weighted by atomic mass is 10.2. The number of aromatic nitrogens is 8. The van der Waals surface area contributed by atoms with Crippen molar-refractivity contribution in [1.82, 2.24) is 39.0 Å². The van der Waals surface area contributed by atoms with Gasteiger partial charge in [-0.15, -0.1) is 0 Å². The van der Waals surface area contributed by atoms with E-state index in [4.69, 9.17) is 0 Å². The standard InChI is InChI=1S/C17H18N6O2.C16H16N6O2/c1-4-14-15(23(24)25)16(22-11-10-18-12(22)2)20-17(19-14)21(3)13-8-6-5-7-9-13;1-11-14(22(23)24)15(21-10-9-17-12(21)2)19-16(18-11)20(3)13-7-5-4-6-8-13/h5-11H,4H2,1-3H3;4-10H,1-3H3. The van der Waals surface area contributed by atoms with E-state index < -0.39 is 9.85 Å². The summed E-state index contributed by atoms with van der Waals surface area (Å²) in [6.45, 7) is 6.99. The Kier molecular flexibility index (Phi) is 9.96. The zero-order valence-electron chi connectivity index (χ0n) is 27.8. The van der Waals surface area contributed by atoms with Gasteiger partial charge in [0.15, 0.2) is 0 Å². The number of aryl methyl sites for hydroxylation is 4.